The van der Waals surface area contributed by atoms with Crippen molar-refractivity contribution in [3.8, 4) is 0 Å². The van der Waals surface area contributed by atoms with Crippen molar-refractivity contribution in [3.05, 3.63) is 30.3 Å². The van der Waals surface area contributed by atoms with Crippen molar-refractivity contribution in [2.45, 2.75) is 19.8 Å². The first-order valence-electron chi connectivity index (χ1n) is 4.52. The number of nitrogens with zero attached hydrogens (tertiary/aromatic N) is 1. The number of carbonyl (C=O) groups excluding carboxylic acids is 1. The first-order valence-corrected chi connectivity index (χ1v) is 4.52. The first kappa shape index (κ1) is 8.30. The maximum absolute atomic E-state index is 11.5. The molecule has 0 N–H and O–H groups in total. The van der Waals surface area contributed by atoms with Gasteiger partial charge >= 0.3 is 0 Å². The summed E-state index contributed by atoms with van der Waals surface area (Å²) in [7, 11) is 0. The highest BCUT2D eigenvalue weighted by Crippen LogP contribution is 2.45. The molecule has 1 aliphatic rings. The Morgan fingerprint density at radius 3 is 2.46 bits per heavy atom. The zero-order valence-electron chi connectivity index (χ0n) is 7.66. The van der Waals surface area contributed by atoms with Gasteiger partial charge in [0, 0.05) is 5.41 Å². The van der Waals surface area contributed by atoms with E-state index in [0.29, 0.717) is 0 Å². The highest BCUT2D eigenvalue weighted by molar-refractivity contribution is 5.88. The molecule has 2 rings (SSSR count). The predicted octanol–water partition coefficient (Wildman–Crippen LogP) is 2.25. The molecule has 1 aromatic rings. The summed E-state index contributed by atoms with van der Waals surface area (Å²) in [5, 5.41) is 4.05. The molecule has 0 aromatic heterocycles. The maximum atomic E-state index is 11.5. The molecule has 1 aliphatic carbocycles. The van der Waals surface area contributed by atoms with Crippen molar-refractivity contribution in [1.29, 1.82) is 0 Å². The average molecular weight is 174 g/mol. The number of hydrogen-bond donors (Lipinski definition) is 0. The summed E-state index contributed by atoms with van der Waals surface area (Å²) >= 11 is 0. The molecule has 2 heteroatoms. The van der Waals surface area contributed by atoms with Crippen molar-refractivity contribution >= 4 is 11.6 Å². The molecule has 1 radical (unpaired) electrons. The quantitative estimate of drug-likeness (QED) is 0.676. The second kappa shape index (κ2) is 2.87. The predicted molar refractivity (Wildman–Crippen MR) is 50.6 cm³/mol. The molecule has 0 bridgehead atoms. The largest absolute Gasteiger partial charge is 0.272 e. The molecule has 0 unspecified atom stereocenters. The zero-order chi connectivity index (χ0) is 9.31. The molecule has 1 aromatic carbocycles. The highest BCUT2D eigenvalue weighted by atomic mass is 16.2. The molecule has 67 valence electrons. The van der Waals surface area contributed by atoms with E-state index in [1.807, 2.05) is 37.3 Å². The van der Waals surface area contributed by atoms with Crippen LogP contribution >= 0.6 is 0 Å². The fraction of sp³-hybridized carbons (Fsp3) is 0.364. The topological polar surface area (TPSA) is 31.2 Å². The van der Waals surface area contributed by atoms with Crippen LogP contribution in [0.3, 0.4) is 0 Å². The maximum Gasteiger partial charge on any atom is 0.252 e. The van der Waals surface area contributed by atoms with Crippen molar-refractivity contribution in [2.24, 2.45) is 5.41 Å². The summed E-state index contributed by atoms with van der Waals surface area (Å²) in [5.41, 5.74) is 0.621. The first-order chi connectivity index (χ1) is 6.21. The number of hydrogen-bond acceptors (Lipinski definition) is 1. The zero-order valence-corrected chi connectivity index (χ0v) is 7.66. The molecule has 13 heavy (non-hydrogen) atoms. The van der Waals surface area contributed by atoms with Gasteiger partial charge in [0.05, 0.1) is 5.69 Å². The van der Waals surface area contributed by atoms with E-state index in [1.165, 1.54) is 0 Å². The third kappa shape index (κ3) is 1.72. The summed E-state index contributed by atoms with van der Waals surface area (Å²) in [5.74, 6) is 0.0266. The van der Waals surface area contributed by atoms with Gasteiger partial charge in [-0.25, -0.2) is 5.32 Å². The van der Waals surface area contributed by atoms with Gasteiger partial charge in [0.15, 0.2) is 0 Å². The van der Waals surface area contributed by atoms with E-state index in [0.717, 1.165) is 18.5 Å². The molecule has 1 amide bonds. The fourth-order valence-corrected chi connectivity index (χ4v) is 1.16. The average Bonchev–Trinajstić information content (AvgIpc) is 2.87. The van der Waals surface area contributed by atoms with Crippen molar-refractivity contribution in [3.63, 3.8) is 0 Å². The van der Waals surface area contributed by atoms with E-state index < -0.39 is 0 Å². The number of rotatable bonds is 2. The molecule has 0 aliphatic heterocycles. The lowest BCUT2D eigenvalue weighted by atomic mass is 10.1. The van der Waals surface area contributed by atoms with Crippen LogP contribution in [-0.2, 0) is 4.79 Å². The van der Waals surface area contributed by atoms with E-state index in [4.69, 9.17) is 0 Å². The minimum atomic E-state index is -0.143. The van der Waals surface area contributed by atoms with Gasteiger partial charge in [0.2, 0.25) is 0 Å². The SMILES string of the molecule is CC1(C(=O)[N]c2ccccc2)CC1. The lowest BCUT2D eigenvalue weighted by Gasteiger charge is -2.05. The van der Waals surface area contributed by atoms with Gasteiger partial charge in [0.25, 0.3) is 5.91 Å². The number of carbonyl (C=O) groups is 1. The Bertz CT molecular complexity index is 314. The van der Waals surface area contributed by atoms with Crippen molar-refractivity contribution in [1.82, 2.24) is 5.32 Å². The minimum Gasteiger partial charge on any atom is -0.272 e. The summed E-state index contributed by atoms with van der Waals surface area (Å²) in [6.07, 6.45) is 1.98. The normalized spacial score (nSPS) is 17.9. The Hall–Kier alpha value is -1.31. The summed E-state index contributed by atoms with van der Waals surface area (Å²) in [6, 6.07) is 9.40. The van der Waals surface area contributed by atoms with Crippen molar-refractivity contribution < 1.29 is 4.79 Å². The van der Waals surface area contributed by atoms with Gasteiger partial charge in [-0.1, -0.05) is 25.1 Å². The van der Waals surface area contributed by atoms with Crippen LogP contribution in [0, 0.1) is 5.41 Å². The van der Waals surface area contributed by atoms with Crippen LogP contribution in [0.4, 0.5) is 5.69 Å². The number of benzene rings is 1. The molecule has 0 spiro atoms. The van der Waals surface area contributed by atoms with E-state index in [1.54, 1.807) is 0 Å². The van der Waals surface area contributed by atoms with Gasteiger partial charge in [-0.2, -0.15) is 0 Å². The molecular weight excluding hydrogens is 162 g/mol. The van der Waals surface area contributed by atoms with E-state index in [2.05, 4.69) is 5.32 Å². The van der Waals surface area contributed by atoms with E-state index in [-0.39, 0.29) is 11.3 Å². The Balaban J connectivity index is 2.03. The third-order valence-corrected chi connectivity index (χ3v) is 2.50. The number of amides is 1. The van der Waals surface area contributed by atoms with Crippen LogP contribution in [-0.4, -0.2) is 5.91 Å². The van der Waals surface area contributed by atoms with Gasteiger partial charge in [-0.3, -0.25) is 4.79 Å². The van der Waals surface area contributed by atoms with Crippen LogP contribution in [0.5, 0.6) is 0 Å². The molecule has 1 fully saturated rings. The van der Waals surface area contributed by atoms with Crippen LogP contribution in [0.25, 0.3) is 0 Å². The monoisotopic (exact) mass is 174 g/mol. The fourth-order valence-electron chi connectivity index (χ4n) is 1.16. The number of para-hydroxylation sites is 1. The lowest BCUT2D eigenvalue weighted by molar-refractivity contribution is -0.124. The van der Waals surface area contributed by atoms with Gasteiger partial charge < -0.3 is 0 Å². The molecule has 0 heterocycles. The van der Waals surface area contributed by atoms with Gasteiger partial charge in [0.1, 0.15) is 0 Å². The highest BCUT2D eigenvalue weighted by Gasteiger charge is 2.45. The minimum absolute atomic E-state index is 0.0266. The third-order valence-electron chi connectivity index (χ3n) is 2.50. The van der Waals surface area contributed by atoms with Crippen LogP contribution in [0.15, 0.2) is 30.3 Å². The van der Waals surface area contributed by atoms with Gasteiger partial charge in [-0.15, -0.1) is 0 Å². The molecule has 2 nitrogen and oxygen atoms in total. The summed E-state index contributed by atoms with van der Waals surface area (Å²) in [4.78, 5) is 11.5. The van der Waals surface area contributed by atoms with Gasteiger partial charge in [-0.05, 0) is 25.0 Å². The molecule has 0 saturated heterocycles. The Kier molecular flexibility index (Phi) is 1.83. The molecule has 1 saturated carbocycles. The van der Waals surface area contributed by atoms with Crippen LogP contribution in [0.2, 0.25) is 0 Å². The smallest absolute Gasteiger partial charge is 0.252 e. The van der Waals surface area contributed by atoms with E-state index in [9.17, 15) is 4.79 Å². The Morgan fingerprint density at radius 2 is 1.92 bits per heavy atom. The summed E-state index contributed by atoms with van der Waals surface area (Å²) < 4.78 is 0. The van der Waals surface area contributed by atoms with Crippen LogP contribution in [0.1, 0.15) is 19.8 Å². The standard InChI is InChI=1S/C11H12NO/c1-11(7-8-11)10(13)12-9-5-3-2-4-6-9/h2-6H,7-8H2,1H3. The van der Waals surface area contributed by atoms with Crippen LogP contribution < -0.4 is 5.32 Å². The Morgan fingerprint density at radius 1 is 1.31 bits per heavy atom. The van der Waals surface area contributed by atoms with Crippen molar-refractivity contribution in [2.75, 3.05) is 0 Å². The Labute approximate surface area is 78.0 Å². The summed E-state index contributed by atoms with van der Waals surface area (Å²) in [6.45, 7) is 1.97. The second-order valence-corrected chi connectivity index (χ2v) is 3.81. The molecular formula is C11H12NO. The molecule has 0 atom stereocenters. The lowest BCUT2D eigenvalue weighted by Crippen LogP contribution is -2.20. The second-order valence-electron chi connectivity index (χ2n) is 3.81. The van der Waals surface area contributed by atoms with E-state index >= 15 is 0 Å².